The van der Waals surface area contributed by atoms with E-state index >= 15 is 0 Å². The lowest BCUT2D eigenvalue weighted by Crippen LogP contribution is -2.12. The van der Waals surface area contributed by atoms with Gasteiger partial charge in [-0.25, -0.2) is 0 Å². The van der Waals surface area contributed by atoms with Crippen molar-refractivity contribution in [2.75, 3.05) is 0 Å². The molecule has 7 heteroatoms. The fraction of sp³-hybridized carbons (Fsp3) is 0.308. The molecule has 20 heavy (non-hydrogen) atoms. The molecule has 0 spiro atoms. The smallest absolute Gasteiger partial charge is 0.292 e. The Morgan fingerprint density at radius 2 is 1.75 bits per heavy atom. The Morgan fingerprint density at radius 1 is 1.05 bits per heavy atom. The van der Waals surface area contributed by atoms with Crippen molar-refractivity contribution in [3.05, 3.63) is 44.3 Å². The highest BCUT2D eigenvalue weighted by atomic mass is 35.5. The Hall–Kier alpha value is -1.59. The van der Waals surface area contributed by atoms with Crippen LogP contribution in [-0.4, -0.2) is 10.2 Å². The summed E-state index contributed by atoms with van der Waals surface area (Å²) in [6.07, 6.45) is 0. The SMILES string of the molecule is CC(C)(C)c1[nH][nH]c(=O)c1N=Nc1ccc(Cl)c(Cl)c1. The number of benzene rings is 1. The van der Waals surface area contributed by atoms with Crippen LogP contribution >= 0.6 is 23.2 Å². The molecule has 0 aliphatic carbocycles. The molecule has 0 atom stereocenters. The number of rotatable bonds is 2. The van der Waals surface area contributed by atoms with Gasteiger partial charge in [-0.3, -0.25) is 15.0 Å². The van der Waals surface area contributed by atoms with Crippen LogP contribution in [0.15, 0.2) is 33.2 Å². The maximum atomic E-state index is 11.7. The number of azo groups is 1. The number of nitrogens with one attached hydrogen (secondary N) is 2. The van der Waals surface area contributed by atoms with E-state index in [1.807, 2.05) is 20.8 Å². The maximum absolute atomic E-state index is 11.7. The lowest BCUT2D eigenvalue weighted by molar-refractivity contribution is 0.567. The van der Waals surface area contributed by atoms with Gasteiger partial charge in [-0.2, -0.15) is 5.11 Å². The van der Waals surface area contributed by atoms with Gasteiger partial charge in [-0.1, -0.05) is 44.0 Å². The molecular formula is C13H14Cl2N4O. The predicted molar refractivity (Wildman–Crippen MR) is 80.8 cm³/mol. The van der Waals surface area contributed by atoms with Gasteiger partial charge < -0.3 is 0 Å². The van der Waals surface area contributed by atoms with E-state index in [-0.39, 0.29) is 16.7 Å². The molecule has 0 saturated heterocycles. The molecule has 0 amide bonds. The van der Waals surface area contributed by atoms with E-state index in [4.69, 9.17) is 23.2 Å². The second-order valence-electron chi connectivity index (χ2n) is 5.35. The maximum Gasteiger partial charge on any atom is 0.292 e. The van der Waals surface area contributed by atoms with Gasteiger partial charge in [0.05, 0.1) is 21.4 Å². The van der Waals surface area contributed by atoms with Crippen molar-refractivity contribution >= 4 is 34.6 Å². The molecule has 1 aromatic heterocycles. The van der Waals surface area contributed by atoms with Gasteiger partial charge in [0.15, 0.2) is 5.69 Å². The van der Waals surface area contributed by atoms with Crippen molar-refractivity contribution in [3.63, 3.8) is 0 Å². The van der Waals surface area contributed by atoms with Gasteiger partial charge in [-0.05, 0) is 18.2 Å². The summed E-state index contributed by atoms with van der Waals surface area (Å²) in [6, 6.07) is 4.89. The fourth-order valence-corrected chi connectivity index (χ4v) is 1.94. The van der Waals surface area contributed by atoms with Crippen LogP contribution in [0.25, 0.3) is 0 Å². The van der Waals surface area contributed by atoms with E-state index in [1.165, 1.54) is 0 Å². The number of aromatic nitrogens is 2. The summed E-state index contributed by atoms with van der Waals surface area (Å²) in [7, 11) is 0. The van der Waals surface area contributed by atoms with Crippen LogP contribution < -0.4 is 5.56 Å². The van der Waals surface area contributed by atoms with Crippen LogP contribution in [0.3, 0.4) is 0 Å². The molecule has 2 aromatic rings. The van der Waals surface area contributed by atoms with Crippen molar-refractivity contribution in [2.24, 2.45) is 10.2 Å². The lowest BCUT2D eigenvalue weighted by Gasteiger charge is -2.15. The molecule has 1 heterocycles. The Bertz CT molecular complexity index is 710. The monoisotopic (exact) mass is 312 g/mol. The third-order valence-electron chi connectivity index (χ3n) is 2.67. The summed E-state index contributed by atoms with van der Waals surface area (Å²) in [5.74, 6) is 0. The standard InChI is InChI=1S/C13H14Cl2N4O/c1-13(2,3)11-10(12(20)19-18-11)17-16-7-4-5-8(14)9(15)6-7/h4-6H,1-3H3,(H2,18,19,20). The Labute approximate surface area is 126 Å². The third-order valence-corrected chi connectivity index (χ3v) is 3.41. The number of hydrogen-bond acceptors (Lipinski definition) is 3. The minimum Gasteiger partial charge on any atom is -0.299 e. The van der Waals surface area contributed by atoms with E-state index in [0.717, 1.165) is 0 Å². The highest BCUT2D eigenvalue weighted by molar-refractivity contribution is 6.42. The minimum atomic E-state index is -0.307. The molecular weight excluding hydrogens is 299 g/mol. The van der Waals surface area contributed by atoms with E-state index in [9.17, 15) is 4.79 Å². The minimum absolute atomic E-state index is 0.245. The van der Waals surface area contributed by atoms with Crippen molar-refractivity contribution in [1.82, 2.24) is 10.2 Å². The van der Waals surface area contributed by atoms with Gasteiger partial charge in [0.1, 0.15) is 0 Å². The molecule has 0 saturated carbocycles. The quantitative estimate of drug-likeness (QED) is 0.773. The number of H-pyrrole nitrogens is 2. The average molecular weight is 313 g/mol. The topological polar surface area (TPSA) is 73.4 Å². The van der Waals surface area contributed by atoms with Crippen LogP contribution in [0, 0.1) is 0 Å². The van der Waals surface area contributed by atoms with Crippen LogP contribution in [0.2, 0.25) is 10.0 Å². The van der Waals surface area contributed by atoms with Crippen molar-refractivity contribution < 1.29 is 0 Å². The molecule has 106 valence electrons. The summed E-state index contributed by atoms with van der Waals surface area (Å²) in [6.45, 7) is 5.93. The summed E-state index contributed by atoms with van der Waals surface area (Å²) in [5.41, 5.74) is 0.944. The van der Waals surface area contributed by atoms with Crippen LogP contribution in [0.4, 0.5) is 11.4 Å². The van der Waals surface area contributed by atoms with E-state index in [1.54, 1.807) is 18.2 Å². The average Bonchev–Trinajstić information content (AvgIpc) is 2.72. The summed E-state index contributed by atoms with van der Waals surface area (Å²) in [4.78, 5) is 11.7. The molecule has 0 bridgehead atoms. The number of nitrogens with zero attached hydrogens (tertiary/aromatic N) is 2. The fourth-order valence-electron chi connectivity index (χ4n) is 1.64. The van der Waals surface area contributed by atoms with Gasteiger partial charge in [0.25, 0.3) is 5.56 Å². The molecule has 0 aliphatic heterocycles. The van der Waals surface area contributed by atoms with Crippen LogP contribution in [0.1, 0.15) is 26.5 Å². The van der Waals surface area contributed by atoms with Gasteiger partial charge >= 0.3 is 0 Å². The summed E-state index contributed by atoms with van der Waals surface area (Å²) >= 11 is 11.7. The molecule has 0 aliphatic rings. The van der Waals surface area contributed by atoms with Crippen molar-refractivity contribution in [1.29, 1.82) is 0 Å². The Morgan fingerprint density at radius 3 is 2.35 bits per heavy atom. The predicted octanol–water partition coefficient (Wildman–Crippen LogP) is 4.72. The highest BCUT2D eigenvalue weighted by Crippen LogP contribution is 2.30. The molecule has 0 radical (unpaired) electrons. The van der Waals surface area contributed by atoms with E-state index < -0.39 is 0 Å². The Balaban J connectivity index is 2.39. The van der Waals surface area contributed by atoms with Crippen molar-refractivity contribution in [3.8, 4) is 0 Å². The first-order valence-corrected chi connectivity index (χ1v) is 6.72. The number of halogens is 2. The first-order chi connectivity index (χ1) is 9.29. The first-order valence-electron chi connectivity index (χ1n) is 5.97. The second kappa shape index (κ2) is 5.42. The van der Waals surface area contributed by atoms with Gasteiger partial charge in [0, 0.05) is 5.41 Å². The molecule has 2 rings (SSSR count). The Kier molecular flexibility index (Phi) is 4.01. The molecule has 5 nitrogen and oxygen atoms in total. The first kappa shape index (κ1) is 14.8. The van der Waals surface area contributed by atoms with Gasteiger partial charge in [-0.15, -0.1) is 5.11 Å². The normalized spacial score (nSPS) is 12.2. The molecule has 2 N–H and O–H groups in total. The summed E-state index contributed by atoms with van der Waals surface area (Å²) in [5, 5.41) is 14.2. The van der Waals surface area contributed by atoms with Crippen LogP contribution in [-0.2, 0) is 5.41 Å². The zero-order valence-corrected chi connectivity index (χ0v) is 12.8. The third kappa shape index (κ3) is 3.11. The number of aromatic amines is 2. The highest BCUT2D eigenvalue weighted by Gasteiger charge is 2.22. The molecule has 0 fully saturated rings. The van der Waals surface area contributed by atoms with E-state index in [2.05, 4.69) is 20.4 Å². The van der Waals surface area contributed by atoms with Crippen LogP contribution in [0.5, 0.6) is 0 Å². The largest absolute Gasteiger partial charge is 0.299 e. The van der Waals surface area contributed by atoms with E-state index in [0.29, 0.717) is 21.4 Å². The number of hydrogen-bond donors (Lipinski definition) is 2. The lowest BCUT2D eigenvalue weighted by atomic mass is 9.91. The molecule has 0 unspecified atom stereocenters. The summed E-state index contributed by atoms with van der Waals surface area (Å²) < 4.78 is 0. The zero-order valence-electron chi connectivity index (χ0n) is 11.3. The van der Waals surface area contributed by atoms with Crippen molar-refractivity contribution in [2.45, 2.75) is 26.2 Å². The zero-order chi connectivity index (χ0) is 14.9. The second-order valence-corrected chi connectivity index (χ2v) is 6.17. The van der Waals surface area contributed by atoms with Gasteiger partial charge in [0.2, 0.25) is 0 Å². The molecule has 1 aromatic carbocycles.